The highest BCUT2D eigenvalue weighted by Gasteiger charge is 2.53. The average molecular weight is 362 g/mol. The number of methoxy groups -OCH3 is 1. The topological polar surface area (TPSA) is 44.8 Å². The molecule has 2 atom stereocenters. The maximum Gasteiger partial charge on any atom is 0.373 e. The molecule has 0 unspecified atom stereocenters. The number of alkyl halides is 2. The number of halogens is 4. The Bertz CT molecular complexity index is 717. The molecule has 1 heterocycles. The fourth-order valence-corrected chi connectivity index (χ4v) is 2.73. The lowest BCUT2D eigenvalue weighted by molar-refractivity contribution is -0.151. The molecule has 25 heavy (non-hydrogen) atoms. The standard InChI is InChI=1S/C17H18F4O4/c1-5-24-15(22)14-11(8(2)17(3,25-14)16(20)21)9-6-7-10(18)12(19)13(9)23-4/h6-8,16H,5H2,1-4H3/t8-,17+/m0/s1. The van der Waals surface area contributed by atoms with Crippen LogP contribution in [0.5, 0.6) is 5.75 Å². The zero-order valence-electron chi connectivity index (χ0n) is 14.2. The van der Waals surface area contributed by atoms with E-state index in [0.29, 0.717) is 0 Å². The third kappa shape index (κ3) is 3.05. The molecule has 2 rings (SSSR count). The van der Waals surface area contributed by atoms with E-state index in [-0.39, 0.29) is 17.7 Å². The van der Waals surface area contributed by atoms with E-state index in [9.17, 15) is 22.4 Å². The quantitative estimate of drug-likeness (QED) is 0.588. The van der Waals surface area contributed by atoms with Crippen molar-refractivity contribution in [2.24, 2.45) is 5.92 Å². The zero-order valence-corrected chi connectivity index (χ0v) is 14.2. The summed E-state index contributed by atoms with van der Waals surface area (Å²) in [5, 5.41) is 0. The van der Waals surface area contributed by atoms with Crippen LogP contribution < -0.4 is 4.74 Å². The van der Waals surface area contributed by atoms with Crippen molar-refractivity contribution in [3.05, 3.63) is 35.1 Å². The normalized spacial score (nSPS) is 23.0. The number of hydrogen-bond acceptors (Lipinski definition) is 4. The van der Waals surface area contributed by atoms with Crippen molar-refractivity contribution in [3.63, 3.8) is 0 Å². The van der Waals surface area contributed by atoms with Crippen molar-refractivity contribution < 1.29 is 36.6 Å². The fourth-order valence-electron chi connectivity index (χ4n) is 2.73. The molecule has 0 bridgehead atoms. The van der Waals surface area contributed by atoms with Crippen molar-refractivity contribution in [3.8, 4) is 5.75 Å². The Morgan fingerprint density at radius 1 is 1.36 bits per heavy atom. The summed E-state index contributed by atoms with van der Waals surface area (Å²) in [6, 6.07) is 1.98. The number of benzene rings is 1. The first kappa shape index (κ1) is 19.1. The van der Waals surface area contributed by atoms with E-state index in [2.05, 4.69) is 0 Å². The first-order valence-corrected chi connectivity index (χ1v) is 7.59. The van der Waals surface area contributed by atoms with Crippen LogP contribution in [-0.4, -0.2) is 31.7 Å². The van der Waals surface area contributed by atoms with Gasteiger partial charge in [-0.3, -0.25) is 0 Å². The lowest BCUT2D eigenvalue weighted by Crippen LogP contribution is -2.40. The Labute approximate surface area is 142 Å². The lowest BCUT2D eigenvalue weighted by atomic mass is 9.83. The van der Waals surface area contributed by atoms with Gasteiger partial charge in [0, 0.05) is 17.1 Å². The van der Waals surface area contributed by atoms with Gasteiger partial charge in [-0.05, 0) is 26.0 Å². The molecule has 0 aliphatic carbocycles. The second-order valence-corrected chi connectivity index (χ2v) is 5.71. The Hall–Kier alpha value is -2.25. The fraction of sp³-hybridized carbons (Fsp3) is 0.471. The summed E-state index contributed by atoms with van der Waals surface area (Å²) in [5.74, 6) is -5.37. The molecular formula is C17H18F4O4. The number of hydrogen-bond donors (Lipinski definition) is 0. The van der Waals surface area contributed by atoms with Crippen molar-refractivity contribution in [2.45, 2.75) is 32.8 Å². The third-order valence-corrected chi connectivity index (χ3v) is 4.30. The monoisotopic (exact) mass is 362 g/mol. The Balaban J connectivity index is 2.70. The molecule has 0 radical (unpaired) electrons. The van der Waals surface area contributed by atoms with Crippen LogP contribution in [0.2, 0.25) is 0 Å². The highest BCUT2D eigenvalue weighted by atomic mass is 19.3. The summed E-state index contributed by atoms with van der Waals surface area (Å²) in [6.45, 7) is 4.09. The van der Waals surface area contributed by atoms with Gasteiger partial charge < -0.3 is 14.2 Å². The minimum atomic E-state index is -2.93. The molecular weight excluding hydrogens is 344 g/mol. The molecule has 4 nitrogen and oxygen atoms in total. The highest BCUT2D eigenvalue weighted by molar-refractivity contribution is 5.98. The van der Waals surface area contributed by atoms with Crippen molar-refractivity contribution >= 4 is 11.5 Å². The van der Waals surface area contributed by atoms with Gasteiger partial charge in [-0.25, -0.2) is 18.0 Å². The van der Waals surface area contributed by atoms with E-state index in [0.717, 1.165) is 26.2 Å². The van der Waals surface area contributed by atoms with Crippen LogP contribution in [0.3, 0.4) is 0 Å². The van der Waals surface area contributed by atoms with Crippen LogP contribution in [0.1, 0.15) is 26.3 Å². The van der Waals surface area contributed by atoms with Gasteiger partial charge in [0.25, 0.3) is 6.43 Å². The molecule has 0 saturated heterocycles. The summed E-state index contributed by atoms with van der Waals surface area (Å²) >= 11 is 0. The van der Waals surface area contributed by atoms with Crippen molar-refractivity contribution in [2.75, 3.05) is 13.7 Å². The van der Waals surface area contributed by atoms with E-state index in [4.69, 9.17) is 14.2 Å². The Morgan fingerprint density at radius 3 is 2.52 bits per heavy atom. The molecule has 0 saturated carbocycles. The van der Waals surface area contributed by atoms with E-state index >= 15 is 0 Å². The van der Waals surface area contributed by atoms with Gasteiger partial charge in [0.1, 0.15) is 0 Å². The first-order valence-electron chi connectivity index (χ1n) is 7.59. The highest BCUT2D eigenvalue weighted by Crippen LogP contribution is 2.49. The van der Waals surface area contributed by atoms with Gasteiger partial charge in [-0.2, -0.15) is 4.39 Å². The SMILES string of the molecule is CCOC(=O)C1=C(c2ccc(F)c(F)c2OC)[C@H](C)[C@](C)(C(F)F)O1. The predicted molar refractivity (Wildman–Crippen MR) is 81.1 cm³/mol. The Morgan fingerprint density at radius 2 is 2.00 bits per heavy atom. The molecule has 1 aliphatic heterocycles. The number of carbonyl (C=O) groups is 1. The maximum atomic E-state index is 14.0. The molecule has 0 amide bonds. The molecule has 1 aromatic carbocycles. The van der Waals surface area contributed by atoms with E-state index < -0.39 is 47.1 Å². The molecule has 1 aromatic rings. The largest absolute Gasteiger partial charge is 0.493 e. The second-order valence-electron chi connectivity index (χ2n) is 5.71. The number of rotatable bonds is 5. The first-order chi connectivity index (χ1) is 11.7. The summed E-state index contributed by atoms with van der Waals surface area (Å²) in [7, 11) is 1.11. The Kier molecular flexibility index (Phi) is 5.29. The van der Waals surface area contributed by atoms with Gasteiger partial charge in [-0.15, -0.1) is 0 Å². The molecule has 0 N–H and O–H groups in total. The maximum absolute atomic E-state index is 14.0. The summed E-state index contributed by atoms with van der Waals surface area (Å²) in [6.07, 6.45) is -2.93. The predicted octanol–water partition coefficient (Wildman–Crippen LogP) is 3.94. The molecule has 0 aromatic heterocycles. The minimum Gasteiger partial charge on any atom is -0.493 e. The van der Waals surface area contributed by atoms with Crippen LogP contribution in [-0.2, 0) is 14.3 Å². The van der Waals surface area contributed by atoms with E-state index in [1.165, 1.54) is 6.92 Å². The van der Waals surface area contributed by atoms with E-state index in [1.54, 1.807) is 6.92 Å². The molecule has 1 aliphatic rings. The third-order valence-electron chi connectivity index (χ3n) is 4.30. The molecule has 0 fully saturated rings. The number of ether oxygens (including phenoxy) is 3. The van der Waals surface area contributed by atoms with Crippen LogP contribution >= 0.6 is 0 Å². The number of esters is 1. The second kappa shape index (κ2) is 6.93. The van der Waals surface area contributed by atoms with Gasteiger partial charge in [0.15, 0.2) is 17.2 Å². The molecule has 0 spiro atoms. The van der Waals surface area contributed by atoms with Crippen LogP contribution in [0, 0.1) is 17.6 Å². The van der Waals surface area contributed by atoms with Crippen molar-refractivity contribution in [1.82, 2.24) is 0 Å². The smallest absolute Gasteiger partial charge is 0.373 e. The average Bonchev–Trinajstić information content (AvgIpc) is 2.83. The van der Waals surface area contributed by atoms with Crippen LogP contribution in [0.4, 0.5) is 17.6 Å². The van der Waals surface area contributed by atoms with Crippen molar-refractivity contribution in [1.29, 1.82) is 0 Å². The summed E-state index contributed by atoms with van der Waals surface area (Å²) < 4.78 is 69.6. The van der Waals surface area contributed by atoms with Crippen LogP contribution in [0.25, 0.3) is 5.57 Å². The van der Waals surface area contributed by atoms with Gasteiger partial charge in [-0.1, -0.05) is 6.92 Å². The molecule has 138 valence electrons. The van der Waals surface area contributed by atoms with E-state index in [1.807, 2.05) is 0 Å². The van der Waals surface area contributed by atoms with Gasteiger partial charge >= 0.3 is 5.97 Å². The van der Waals surface area contributed by atoms with Crippen LogP contribution in [0.15, 0.2) is 17.9 Å². The summed E-state index contributed by atoms with van der Waals surface area (Å²) in [4.78, 5) is 12.2. The molecule has 8 heteroatoms. The lowest BCUT2D eigenvalue weighted by Gasteiger charge is -2.29. The number of carbonyl (C=O) groups excluding carboxylic acids is 1. The van der Waals surface area contributed by atoms with Gasteiger partial charge in [0.05, 0.1) is 13.7 Å². The zero-order chi connectivity index (χ0) is 18.9. The minimum absolute atomic E-state index is 0.00629. The summed E-state index contributed by atoms with van der Waals surface area (Å²) in [5.41, 5.74) is -2.08. The van der Waals surface area contributed by atoms with Gasteiger partial charge in [0.2, 0.25) is 11.6 Å².